The quantitative estimate of drug-likeness (QED) is 0.582. The van der Waals surface area contributed by atoms with E-state index >= 15 is 0 Å². The highest BCUT2D eigenvalue weighted by atomic mass is 127. The summed E-state index contributed by atoms with van der Waals surface area (Å²) in [6, 6.07) is 5.34. The monoisotopic (exact) mass is 281 g/mol. The number of benzene rings is 1. The zero-order chi connectivity index (χ0) is 8.43. The van der Waals surface area contributed by atoms with Crippen LogP contribution in [0.4, 0.5) is 0 Å². The summed E-state index contributed by atoms with van der Waals surface area (Å²) in [5.41, 5.74) is 0.963. The van der Waals surface area contributed by atoms with Gasteiger partial charge < -0.3 is 4.55 Å². The van der Waals surface area contributed by atoms with Gasteiger partial charge in [0.05, 0.1) is 0 Å². The molecule has 0 radical (unpaired) electrons. The van der Waals surface area contributed by atoms with E-state index in [9.17, 15) is 8.76 Å². The van der Waals surface area contributed by atoms with E-state index in [0.717, 1.165) is 9.13 Å². The first kappa shape index (κ1) is 9.15. The van der Waals surface area contributed by atoms with Gasteiger partial charge in [-0.3, -0.25) is 4.21 Å². The fourth-order valence-corrected chi connectivity index (χ4v) is 2.12. The molecule has 0 heterocycles. The highest BCUT2D eigenvalue weighted by Gasteiger charge is 1.98. The molecule has 2 nitrogen and oxygen atoms in total. The summed E-state index contributed by atoms with van der Waals surface area (Å²) in [7, 11) is 0. The van der Waals surface area contributed by atoms with Crippen molar-refractivity contribution < 1.29 is 8.76 Å². The molecule has 0 aliphatic rings. The molecule has 0 spiro atoms. The second-order valence-electron chi connectivity index (χ2n) is 2.17. The summed E-state index contributed by atoms with van der Waals surface area (Å²) >= 11 is -0.109. The summed E-state index contributed by atoms with van der Waals surface area (Å²) in [5, 5.41) is 0. The molecule has 11 heavy (non-hydrogen) atoms. The highest BCUT2D eigenvalue weighted by Crippen LogP contribution is 2.16. The molecule has 1 unspecified atom stereocenters. The Morgan fingerprint density at radius 1 is 1.55 bits per heavy atom. The summed E-state index contributed by atoms with van der Waals surface area (Å²) in [6.07, 6.45) is 0. The first-order valence-electron chi connectivity index (χ1n) is 2.96. The average molecular weight is 281 g/mol. The Morgan fingerprint density at radius 2 is 2.18 bits per heavy atom. The van der Waals surface area contributed by atoms with Crippen LogP contribution in [0.25, 0.3) is 0 Å². The number of halogens is 1. The maximum absolute atomic E-state index is 10.6. The van der Waals surface area contributed by atoms with Crippen molar-refractivity contribution in [3.05, 3.63) is 27.3 Å². The maximum Gasteiger partial charge on any atom is 0.0384 e. The Kier molecular flexibility index (Phi) is 3.03. The van der Waals surface area contributed by atoms with E-state index in [-0.39, 0.29) is 0 Å². The largest absolute Gasteiger partial charge is 0.768 e. The SMILES string of the molecule is Cc1ccc(I)c(S(=O)[O-])c1. The van der Waals surface area contributed by atoms with E-state index < -0.39 is 11.1 Å². The molecule has 4 heteroatoms. The van der Waals surface area contributed by atoms with Gasteiger partial charge in [0.1, 0.15) is 0 Å². The van der Waals surface area contributed by atoms with Gasteiger partial charge in [-0.05, 0) is 58.3 Å². The van der Waals surface area contributed by atoms with Crippen LogP contribution in [0, 0.1) is 10.5 Å². The molecule has 0 saturated carbocycles. The van der Waals surface area contributed by atoms with Crippen molar-refractivity contribution in [3.8, 4) is 0 Å². The van der Waals surface area contributed by atoms with Crippen LogP contribution in [-0.4, -0.2) is 8.76 Å². The molecule has 0 N–H and O–H groups in total. The van der Waals surface area contributed by atoms with Crippen molar-refractivity contribution in [1.29, 1.82) is 0 Å². The van der Waals surface area contributed by atoms with E-state index in [1.54, 1.807) is 12.1 Å². The Labute approximate surface area is 81.4 Å². The number of aryl methyl sites for hydroxylation is 1. The number of hydrogen-bond acceptors (Lipinski definition) is 2. The molecule has 0 amide bonds. The first-order valence-corrected chi connectivity index (χ1v) is 5.12. The van der Waals surface area contributed by atoms with Gasteiger partial charge in [-0.1, -0.05) is 6.07 Å². The number of rotatable bonds is 1. The van der Waals surface area contributed by atoms with Crippen LogP contribution in [0.5, 0.6) is 0 Å². The van der Waals surface area contributed by atoms with Gasteiger partial charge in [-0.15, -0.1) is 0 Å². The van der Waals surface area contributed by atoms with Crippen LogP contribution < -0.4 is 0 Å². The van der Waals surface area contributed by atoms with Gasteiger partial charge in [-0.25, -0.2) is 0 Å². The minimum absolute atomic E-state index is 0.380. The van der Waals surface area contributed by atoms with E-state index in [4.69, 9.17) is 0 Å². The molecule has 1 aromatic rings. The molecular weight excluding hydrogens is 275 g/mol. The maximum atomic E-state index is 10.6. The highest BCUT2D eigenvalue weighted by molar-refractivity contribution is 14.1. The van der Waals surface area contributed by atoms with Crippen LogP contribution in [0.1, 0.15) is 5.56 Å². The third-order valence-corrected chi connectivity index (χ3v) is 3.27. The van der Waals surface area contributed by atoms with E-state index in [1.807, 2.05) is 35.6 Å². The second-order valence-corrected chi connectivity index (χ2v) is 4.24. The number of hydrogen-bond donors (Lipinski definition) is 0. The molecule has 1 rings (SSSR count). The van der Waals surface area contributed by atoms with Crippen LogP contribution in [0.2, 0.25) is 0 Å². The molecule has 1 atom stereocenters. The average Bonchev–Trinajstić information content (AvgIpc) is 1.94. The van der Waals surface area contributed by atoms with Crippen LogP contribution in [0.3, 0.4) is 0 Å². The summed E-state index contributed by atoms with van der Waals surface area (Å²) in [6.45, 7) is 1.87. The lowest BCUT2D eigenvalue weighted by Gasteiger charge is -2.07. The predicted octanol–water partition coefficient (Wildman–Crippen LogP) is 1.84. The van der Waals surface area contributed by atoms with Crippen LogP contribution >= 0.6 is 22.6 Å². The molecule has 0 aliphatic carbocycles. The van der Waals surface area contributed by atoms with Crippen molar-refractivity contribution in [1.82, 2.24) is 0 Å². The molecular formula is C7H6IO2S-. The van der Waals surface area contributed by atoms with Gasteiger partial charge in [0.15, 0.2) is 0 Å². The van der Waals surface area contributed by atoms with Gasteiger partial charge in [0, 0.05) is 8.47 Å². The molecule has 1 aromatic carbocycles. The molecule has 0 aliphatic heterocycles. The van der Waals surface area contributed by atoms with Crippen molar-refractivity contribution >= 4 is 33.7 Å². The minimum atomic E-state index is -2.11. The Hall–Kier alpha value is 0.0600. The fraction of sp³-hybridized carbons (Fsp3) is 0.143. The van der Waals surface area contributed by atoms with Crippen LogP contribution in [-0.2, 0) is 11.1 Å². The van der Waals surface area contributed by atoms with Crippen molar-refractivity contribution in [2.75, 3.05) is 0 Å². The van der Waals surface area contributed by atoms with Crippen molar-refractivity contribution in [3.63, 3.8) is 0 Å². The lowest BCUT2D eigenvalue weighted by Crippen LogP contribution is -1.92. The normalized spacial score (nSPS) is 13.0. The van der Waals surface area contributed by atoms with Gasteiger partial charge in [0.2, 0.25) is 0 Å². The molecule has 0 bridgehead atoms. The van der Waals surface area contributed by atoms with Crippen LogP contribution in [0.15, 0.2) is 23.1 Å². The molecule has 60 valence electrons. The zero-order valence-corrected chi connectivity index (χ0v) is 8.81. The zero-order valence-electron chi connectivity index (χ0n) is 5.83. The lowest BCUT2D eigenvalue weighted by molar-refractivity contribution is 0.536. The van der Waals surface area contributed by atoms with E-state index in [0.29, 0.717) is 4.90 Å². The van der Waals surface area contributed by atoms with Crippen molar-refractivity contribution in [2.24, 2.45) is 0 Å². The van der Waals surface area contributed by atoms with E-state index in [1.165, 1.54) is 0 Å². The fourth-order valence-electron chi connectivity index (χ4n) is 0.738. The summed E-state index contributed by atoms with van der Waals surface area (Å²) in [4.78, 5) is 0.380. The molecule has 0 fully saturated rings. The predicted molar refractivity (Wildman–Crippen MR) is 51.1 cm³/mol. The Balaban J connectivity index is 3.23. The lowest BCUT2D eigenvalue weighted by atomic mass is 10.2. The van der Waals surface area contributed by atoms with E-state index in [2.05, 4.69) is 0 Å². The first-order chi connectivity index (χ1) is 5.11. The topological polar surface area (TPSA) is 40.1 Å². The summed E-state index contributed by atoms with van der Waals surface area (Å²) in [5.74, 6) is 0. The smallest absolute Gasteiger partial charge is 0.0384 e. The summed E-state index contributed by atoms with van der Waals surface area (Å²) < 4.78 is 21.9. The Bertz CT molecular complexity index is 298. The van der Waals surface area contributed by atoms with Gasteiger partial charge >= 0.3 is 0 Å². The third kappa shape index (κ3) is 2.25. The third-order valence-electron chi connectivity index (χ3n) is 1.27. The minimum Gasteiger partial charge on any atom is -0.768 e. The van der Waals surface area contributed by atoms with Gasteiger partial charge in [-0.2, -0.15) is 0 Å². The van der Waals surface area contributed by atoms with Crippen molar-refractivity contribution in [2.45, 2.75) is 11.8 Å². The van der Waals surface area contributed by atoms with Gasteiger partial charge in [0.25, 0.3) is 0 Å². The standard InChI is InChI=1S/C7H7IO2S/c1-5-2-3-6(8)7(4-5)11(9)10/h2-4H,1H3,(H,9,10)/p-1. The molecule has 0 aromatic heterocycles. The Morgan fingerprint density at radius 3 is 2.64 bits per heavy atom. The second kappa shape index (κ2) is 3.64. The molecule has 0 saturated heterocycles.